The second-order valence-electron chi connectivity index (χ2n) is 7.09. The predicted octanol–water partition coefficient (Wildman–Crippen LogP) is 3.19. The number of para-hydroxylation sites is 1. The molecule has 1 fully saturated rings. The first kappa shape index (κ1) is 23.5. The molecule has 29 heavy (non-hydrogen) atoms. The van der Waals surface area contributed by atoms with Crippen molar-refractivity contribution in [3.8, 4) is 5.75 Å². The lowest BCUT2D eigenvalue weighted by Gasteiger charge is -2.36. The highest BCUT2D eigenvalue weighted by atomic mass is 127. The zero-order valence-electron chi connectivity index (χ0n) is 17.5. The molecule has 8 heteroatoms. The molecule has 1 N–H and O–H groups in total. The van der Waals surface area contributed by atoms with Crippen LogP contribution < -0.4 is 10.1 Å². The Hall–Kier alpha value is -1.81. The van der Waals surface area contributed by atoms with Gasteiger partial charge in [0.1, 0.15) is 12.0 Å². The van der Waals surface area contributed by atoms with Crippen LogP contribution in [-0.4, -0.2) is 67.3 Å². The summed E-state index contributed by atoms with van der Waals surface area (Å²) in [5.41, 5.74) is 2.18. The molecule has 7 nitrogen and oxygen atoms in total. The lowest BCUT2D eigenvalue weighted by molar-refractivity contribution is 0.169. The number of nitrogens with one attached hydrogen (secondary N) is 1. The van der Waals surface area contributed by atoms with E-state index in [0.717, 1.165) is 63.2 Å². The van der Waals surface area contributed by atoms with Gasteiger partial charge in [-0.25, -0.2) is 0 Å². The maximum atomic E-state index is 5.50. The topological polar surface area (TPSA) is 66.1 Å². The van der Waals surface area contributed by atoms with Crippen LogP contribution in [0.4, 0.5) is 0 Å². The standard InChI is InChI=1S/C21H31N5O2.HI/c1-4-22-21(23-15-17(2)19-7-5-6-8-20(19)27-3)26-12-10-25(11-13-26)16-18-9-14-28-24-18;/h5-9,14,17H,4,10-13,15-16H2,1-3H3,(H,22,23);1H. The second kappa shape index (κ2) is 12.0. The zero-order valence-corrected chi connectivity index (χ0v) is 19.8. The van der Waals surface area contributed by atoms with Gasteiger partial charge in [-0.15, -0.1) is 24.0 Å². The van der Waals surface area contributed by atoms with E-state index in [1.165, 1.54) is 5.56 Å². The molecular formula is C21H32IN5O2. The fourth-order valence-electron chi connectivity index (χ4n) is 3.49. The van der Waals surface area contributed by atoms with Gasteiger partial charge in [-0.2, -0.15) is 0 Å². The van der Waals surface area contributed by atoms with Gasteiger partial charge < -0.3 is 19.5 Å². The molecule has 2 heterocycles. The summed E-state index contributed by atoms with van der Waals surface area (Å²) in [5.74, 6) is 2.21. The summed E-state index contributed by atoms with van der Waals surface area (Å²) in [6.07, 6.45) is 1.63. The molecule has 1 saturated heterocycles. The molecular weight excluding hydrogens is 481 g/mol. The lowest BCUT2D eigenvalue weighted by atomic mass is 10.0. The Morgan fingerprint density at radius 1 is 1.24 bits per heavy atom. The van der Waals surface area contributed by atoms with Gasteiger partial charge in [0.15, 0.2) is 5.96 Å². The number of hydrogen-bond acceptors (Lipinski definition) is 5. The SMILES string of the molecule is CCNC(=NCC(C)c1ccccc1OC)N1CCN(Cc2ccon2)CC1.I. The van der Waals surface area contributed by atoms with E-state index < -0.39 is 0 Å². The van der Waals surface area contributed by atoms with E-state index in [2.05, 4.69) is 46.3 Å². The number of methoxy groups -OCH3 is 1. The Bertz CT molecular complexity index is 745. The van der Waals surface area contributed by atoms with Crippen LogP contribution in [0.2, 0.25) is 0 Å². The van der Waals surface area contributed by atoms with Gasteiger partial charge >= 0.3 is 0 Å². The first-order chi connectivity index (χ1) is 13.7. The molecule has 1 aromatic carbocycles. The van der Waals surface area contributed by atoms with Crippen LogP contribution in [0.3, 0.4) is 0 Å². The molecule has 0 aliphatic carbocycles. The second-order valence-corrected chi connectivity index (χ2v) is 7.09. The van der Waals surface area contributed by atoms with E-state index >= 15 is 0 Å². The van der Waals surface area contributed by atoms with Crippen LogP contribution >= 0.6 is 24.0 Å². The number of aromatic nitrogens is 1. The number of piperazine rings is 1. The van der Waals surface area contributed by atoms with E-state index in [-0.39, 0.29) is 24.0 Å². The van der Waals surface area contributed by atoms with Crippen LogP contribution in [0.1, 0.15) is 31.0 Å². The van der Waals surface area contributed by atoms with Crippen molar-refractivity contribution >= 4 is 29.9 Å². The Labute approximate surface area is 190 Å². The van der Waals surface area contributed by atoms with Crippen LogP contribution in [-0.2, 0) is 6.54 Å². The first-order valence-corrected chi connectivity index (χ1v) is 9.99. The summed E-state index contributed by atoms with van der Waals surface area (Å²) < 4.78 is 10.4. The molecule has 160 valence electrons. The minimum atomic E-state index is 0. The molecule has 1 atom stereocenters. The molecule has 1 aliphatic rings. The number of nitrogens with zero attached hydrogens (tertiary/aromatic N) is 4. The molecule has 0 spiro atoms. The minimum absolute atomic E-state index is 0. The predicted molar refractivity (Wildman–Crippen MR) is 126 cm³/mol. The highest BCUT2D eigenvalue weighted by molar-refractivity contribution is 14.0. The van der Waals surface area contributed by atoms with Crippen molar-refractivity contribution in [2.75, 3.05) is 46.4 Å². The molecule has 0 bridgehead atoms. The van der Waals surface area contributed by atoms with Crippen molar-refractivity contribution in [2.45, 2.75) is 26.3 Å². The number of ether oxygens (including phenoxy) is 1. The fraction of sp³-hybridized carbons (Fsp3) is 0.524. The molecule has 1 aromatic heterocycles. The van der Waals surface area contributed by atoms with E-state index in [4.69, 9.17) is 14.3 Å². The third-order valence-electron chi connectivity index (χ3n) is 5.07. The third-order valence-corrected chi connectivity index (χ3v) is 5.07. The van der Waals surface area contributed by atoms with Crippen molar-refractivity contribution in [1.82, 2.24) is 20.3 Å². The fourth-order valence-corrected chi connectivity index (χ4v) is 3.49. The van der Waals surface area contributed by atoms with Gasteiger partial charge in [-0.05, 0) is 18.6 Å². The normalized spacial score (nSPS) is 16.2. The van der Waals surface area contributed by atoms with Crippen molar-refractivity contribution in [3.05, 3.63) is 47.9 Å². The Kier molecular flexibility index (Phi) is 9.72. The number of halogens is 1. The minimum Gasteiger partial charge on any atom is -0.496 e. The average Bonchev–Trinajstić information content (AvgIpc) is 3.24. The van der Waals surface area contributed by atoms with Gasteiger partial charge in [0, 0.05) is 57.8 Å². The first-order valence-electron chi connectivity index (χ1n) is 9.99. The maximum absolute atomic E-state index is 5.50. The van der Waals surface area contributed by atoms with Crippen molar-refractivity contribution in [2.24, 2.45) is 4.99 Å². The van der Waals surface area contributed by atoms with Gasteiger partial charge in [0.2, 0.25) is 0 Å². The van der Waals surface area contributed by atoms with E-state index in [9.17, 15) is 0 Å². The largest absolute Gasteiger partial charge is 0.496 e. The summed E-state index contributed by atoms with van der Waals surface area (Å²) >= 11 is 0. The summed E-state index contributed by atoms with van der Waals surface area (Å²) in [6, 6.07) is 10.1. The van der Waals surface area contributed by atoms with Gasteiger partial charge in [0.05, 0.1) is 12.8 Å². The summed E-state index contributed by atoms with van der Waals surface area (Å²) in [4.78, 5) is 9.66. The molecule has 2 aromatic rings. The average molecular weight is 513 g/mol. The number of benzene rings is 1. The summed E-state index contributed by atoms with van der Waals surface area (Å²) in [7, 11) is 1.72. The highest BCUT2D eigenvalue weighted by Crippen LogP contribution is 2.26. The van der Waals surface area contributed by atoms with Crippen LogP contribution in [0.5, 0.6) is 5.75 Å². The van der Waals surface area contributed by atoms with Crippen LogP contribution in [0.15, 0.2) is 46.1 Å². The third kappa shape index (κ3) is 6.60. The zero-order chi connectivity index (χ0) is 19.8. The summed E-state index contributed by atoms with van der Waals surface area (Å²) in [6.45, 7) is 10.6. The van der Waals surface area contributed by atoms with E-state index in [1.54, 1.807) is 13.4 Å². The lowest BCUT2D eigenvalue weighted by Crippen LogP contribution is -2.52. The van der Waals surface area contributed by atoms with E-state index in [0.29, 0.717) is 5.92 Å². The number of hydrogen-bond donors (Lipinski definition) is 1. The van der Waals surface area contributed by atoms with E-state index in [1.807, 2.05) is 18.2 Å². The van der Waals surface area contributed by atoms with Gasteiger partial charge in [0.25, 0.3) is 0 Å². The van der Waals surface area contributed by atoms with Crippen LogP contribution in [0.25, 0.3) is 0 Å². The maximum Gasteiger partial charge on any atom is 0.194 e. The number of aliphatic imine (C=N–C) groups is 1. The molecule has 1 unspecified atom stereocenters. The number of guanidine groups is 1. The molecule has 0 saturated carbocycles. The van der Waals surface area contributed by atoms with Crippen molar-refractivity contribution in [3.63, 3.8) is 0 Å². The smallest absolute Gasteiger partial charge is 0.194 e. The molecule has 0 amide bonds. The van der Waals surface area contributed by atoms with Gasteiger partial charge in [-0.1, -0.05) is 30.3 Å². The summed E-state index contributed by atoms with van der Waals surface area (Å²) in [5, 5.41) is 7.46. The molecule has 3 rings (SSSR count). The monoisotopic (exact) mass is 513 g/mol. The van der Waals surface area contributed by atoms with Crippen LogP contribution in [0, 0.1) is 0 Å². The highest BCUT2D eigenvalue weighted by Gasteiger charge is 2.20. The van der Waals surface area contributed by atoms with Gasteiger partial charge in [-0.3, -0.25) is 9.89 Å². The molecule has 1 aliphatic heterocycles. The Morgan fingerprint density at radius 3 is 2.66 bits per heavy atom. The van der Waals surface area contributed by atoms with Crippen molar-refractivity contribution in [1.29, 1.82) is 0 Å². The van der Waals surface area contributed by atoms with Crippen molar-refractivity contribution < 1.29 is 9.26 Å². The Balaban J connectivity index is 0.00000300. The number of rotatable bonds is 7. The quantitative estimate of drug-likeness (QED) is 0.349. The Morgan fingerprint density at radius 2 is 2.00 bits per heavy atom. The molecule has 0 radical (unpaired) electrons.